The number of aliphatic hydroxyl groups is 1. The van der Waals surface area contributed by atoms with Crippen molar-refractivity contribution in [3.63, 3.8) is 0 Å². The molecule has 0 spiro atoms. The summed E-state index contributed by atoms with van der Waals surface area (Å²) in [6, 6.07) is 5.22. The molecule has 1 rings (SSSR count). The van der Waals surface area contributed by atoms with Gasteiger partial charge in [0.05, 0.1) is 6.61 Å². The molecule has 0 aromatic heterocycles. The Balaban J connectivity index is 2.87. The summed E-state index contributed by atoms with van der Waals surface area (Å²) in [7, 11) is 0. The predicted molar refractivity (Wildman–Crippen MR) is 59.2 cm³/mol. The fourth-order valence-electron chi connectivity index (χ4n) is 1.41. The van der Waals surface area contributed by atoms with E-state index in [4.69, 9.17) is 4.74 Å². The van der Waals surface area contributed by atoms with E-state index in [1.807, 2.05) is 0 Å². The second-order valence-electron chi connectivity index (χ2n) is 3.99. The van der Waals surface area contributed by atoms with Crippen molar-refractivity contribution in [3.8, 4) is 5.75 Å². The fourth-order valence-corrected chi connectivity index (χ4v) is 1.41. The van der Waals surface area contributed by atoms with E-state index in [0.29, 0.717) is 12.2 Å². The van der Waals surface area contributed by atoms with Gasteiger partial charge in [-0.2, -0.15) is 0 Å². The molecule has 0 heterocycles. The minimum atomic E-state index is -4.75. The van der Waals surface area contributed by atoms with Crippen molar-refractivity contribution in [2.45, 2.75) is 25.8 Å². The van der Waals surface area contributed by atoms with Crippen LogP contribution in [0.4, 0.5) is 13.2 Å². The van der Waals surface area contributed by atoms with Crippen LogP contribution in [-0.4, -0.2) is 24.7 Å². The maximum absolute atomic E-state index is 12.1. The number of halogens is 3. The lowest BCUT2D eigenvalue weighted by molar-refractivity contribution is -0.274. The van der Waals surface area contributed by atoms with Crippen LogP contribution in [0.25, 0.3) is 0 Å². The van der Waals surface area contributed by atoms with E-state index >= 15 is 0 Å². The van der Waals surface area contributed by atoms with Crippen LogP contribution in [-0.2, 0) is 10.3 Å². The lowest BCUT2D eigenvalue weighted by atomic mass is 9.97. The molecule has 1 unspecified atom stereocenters. The minimum absolute atomic E-state index is 0.00102. The average molecular weight is 264 g/mol. The van der Waals surface area contributed by atoms with Gasteiger partial charge in [-0.3, -0.25) is 0 Å². The number of rotatable bonds is 5. The molecule has 3 nitrogen and oxygen atoms in total. The Hall–Kier alpha value is -1.27. The van der Waals surface area contributed by atoms with Crippen molar-refractivity contribution in [1.29, 1.82) is 0 Å². The van der Waals surface area contributed by atoms with Crippen LogP contribution in [0.3, 0.4) is 0 Å². The Kier molecular flexibility index (Phi) is 4.59. The van der Waals surface area contributed by atoms with Gasteiger partial charge in [-0.1, -0.05) is 12.1 Å². The van der Waals surface area contributed by atoms with Crippen molar-refractivity contribution in [1.82, 2.24) is 0 Å². The zero-order chi connectivity index (χ0) is 13.8. The topological polar surface area (TPSA) is 38.7 Å². The van der Waals surface area contributed by atoms with Gasteiger partial charge < -0.3 is 14.6 Å². The van der Waals surface area contributed by atoms with Crippen LogP contribution in [0.1, 0.15) is 19.4 Å². The molecule has 1 aromatic rings. The first-order valence-corrected chi connectivity index (χ1v) is 5.41. The monoisotopic (exact) mass is 264 g/mol. The lowest BCUT2D eigenvalue weighted by Crippen LogP contribution is -2.28. The van der Waals surface area contributed by atoms with Gasteiger partial charge in [-0.15, -0.1) is 13.2 Å². The van der Waals surface area contributed by atoms with Gasteiger partial charge in [0.2, 0.25) is 0 Å². The fraction of sp³-hybridized carbons (Fsp3) is 0.500. The second-order valence-corrected chi connectivity index (χ2v) is 3.99. The summed E-state index contributed by atoms with van der Waals surface area (Å²) in [6.45, 7) is 3.64. The SMILES string of the molecule is CCOCC(C)(O)c1cccc(OC(F)(F)F)c1. The highest BCUT2D eigenvalue weighted by Gasteiger charge is 2.32. The number of hydrogen-bond acceptors (Lipinski definition) is 3. The Morgan fingerprint density at radius 2 is 1.94 bits per heavy atom. The number of alkyl halides is 3. The van der Waals surface area contributed by atoms with Crippen LogP contribution >= 0.6 is 0 Å². The van der Waals surface area contributed by atoms with E-state index in [-0.39, 0.29) is 12.4 Å². The van der Waals surface area contributed by atoms with E-state index in [1.54, 1.807) is 6.92 Å². The number of benzene rings is 1. The predicted octanol–water partition coefficient (Wildman–Crippen LogP) is 2.83. The van der Waals surface area contributed by atoms with E-state index in [2.05, 4.69) is 4.74 Å². The number of ether oxygens (including phenoxy) is 2. The third kappa shape index (κ3) is 4.54. The molecule has 1 aromatic carbocycles. The van der Waals surface area contributed by atoms with Crippen molar-refractivity contribution >= 4 is 0 Å². The maximum Gasteiger partial charge on any atom is 0.573 e. The van der Waals surface area contributed by atoms with Gasteiger partial charge >= 0.3 is 6.36 Å². The first-order valence-electron chi connectivity index (χ1n) is 5.41. The molecular weight excluding hydrogens is 249 g/mol. The molecule has 0 aliphatic rings. The quantitative estimate of drug-likeness (QED) is 0.888. The summed E-state index contributed by atoms with van der Waals surface area (Å²) in [4.78, 5) is 0. The Morgan fingerprint density at radius 3 is 2.50 bits per heavy atom. The summed E-state index contributed by atoms with van der Waals surface area (Å²) in [5.41, 5.74) is -1.06. The molecule has 6 heteroatoms. The third-order valence-corrected chi connectivity index (χ3v) is 2.28. The standard InChI is InChI=1S/C12H15F3O3/c1-3-17-8-11(2,16)9-5-4-6-10(7-9)18-12(13,14)15/h4-7,16H,3,8H2,1-2H3. The van der Waals surface area contributed by atoms with Gasteiger partial charge in [0.25, 0.3) is 0 Å². The molecule has 0 aliphatic carbocycles. The van der Waals surface area contributed by atoms with Crippen LogP contribution in [0, 0.1) is 0 Å². The summed E-state index contributed by atoms with van der Waals surface area (Å²) in [5, 5.41) is 10.1. The zero-order valence-corrected chi connectivity index (χ0v) is 10.1. The average Bonchev–Trinajstić information content (AvgIpc) is 2.24. The lowest BCUT2D eigenvalue weighted by Gasteiger charge is -2.24. The minimum Gasteiger partial charge on any atom is -0.406 e. The second kappa shape index (κ2) is 5.58. The highest BCUT2D eigenvalue weighted by Crippen LogP contribution is 2.28. The molecule has 1 N–H and O–H groups in total. The molecule has 102 valence electrons. The molecule has 0 amide bonds. The molecule has 0 aliphatic heterocycles. The van der Waals surface area contributed by atoms with E-state index in [9.17, 15) is 18.3 Å². The number of hydrogen-bond donors (Lipinski definition) is 1. The molecular formula is C12H15F3O3. The summed E-state index contributed by atoms with van der Waals surface area (Å²) in [6.07, 6.45) is -4.75. The molecule has 1 atom stereocenters. The zero-order valence-electron chi connectivity index (χ0n) is 10.1. The Labute approximate surface area is 103 Å². The van der Waals surface area contributed by atoms with Gasteiger partial charge in [0, 0.05) is 6.61 Å². The Morgan fingerprint density at radius 1 is 1.28 bits per heavy atom. The van der Waals surface area contributed by atoms with Crippen molar-refractivity contribution < 1.29 is 27.8 Å². The van der Waals surface area contributed by atoms with E-state index in [1.165, 1.54) is 25.1 Å². The Bertz CT molecular complexity index is 388. The smallest absolute Gasteiger partial charge is 0.406 e. The van der Waals surface area contributed by atoms with E-state index in [0.717, 1.165) is 6.07 Å². The van der Waals surface area contributed by atoms with Crippen molar-refractivity contribution in [3.05, 3.63) is 29.8 Å². The first kappa shape index (κ1) is 14.8. The van der Waals surface area contributed by atoms with Gasteiger partial charge in [-0.25, -0.2) is 0 Å². The van der Waals surface area contributed by atoms with Gasteiger partial charge in [-0.05, 0) is 31.5 Å². The first-order chi connectivity index (χ1) is 8.24. The maximum atomic E-state index is 12.1. The van der Waals surface area contributed by atoms with Crippen LogP contribution in [0.15, 0.2) is 24.3 Å². The molecule has 18 heavy (non-hydrogen) atoms. The summed E-state index contributed by atoms with van der Waals surface area (Å²) in [5.74, 6) is -0.364. The normalized spacial score (nSPS) is 15.2. The molecule has 0 saturated heterocycles. The molecule has 0 saturated carbocycles. The van der Waals surface area contributed by atoms with Crippen molar-refractivity contribution in [2.75, 3.05) is 13.2 Å². The van der Waals surface area contributed by atoms with Gasteiger partial charge in [0.15, 0.2) is 0 Å². The van der Waals surface area contributed by atoms with E-state index < -0.39 is 12.0 Å². The third-order valence-electron chi connectivity index (χ3n) is 2.28. The largest absolute Gasteiger partial charge is 0.573 e. The molecule has 0 bridgehead atoms. The highest BCUT2D eigenvalue weighted by atomic mass is 19.4. The molecule has 0 radical (unpaired) electrons. The summed E-state index contributed by atoms with van der Waals surface area (Å²) < 4.78 is 45.1. The molecule has 0 fully saturated rings. The van der Waals surface area contributed by atoms with Gasteiger partial charge in [0.1, 0.15) is 11.4 Å². The summed E-state index contributed by atoms with van der Waals surface area (Å²) >= 11 is 0. The van der Waals surface area contributed by atoms with Crippen LogP contribution in [0.5, 0.6) is 5.75 Å². The van der Waals surface area contributed by atoms with Crippen LogP contribution < -0.4 is 4.74 Å². The van der Waals surface area contributed by atoms with Crippen LogP contribution in [0.2, 0.25) is 0 Å². The highest BCUT2D eigenvalue weighted by molar-refractivity contribution is 5.32. The van der Waals surface area contributed by atoms with Crippen molar-refractivity contribution in [2.24, 2.45) is 0 Å².